The number of amides is 1. The Labute approximate surface area is 148 Å². The molecule has 25 heavy (non-hydrogen) atoms. The van der Waals surface area contributed by atoms with E-state index in [0.717, 1.165) is 16.5 Å². The Morgan fingerprint density at radius 1 is 1.24 bits per heavy atom. The molecule has 1 aromatic carbocycles. The number of ether oxygens (including phenoxy) is 1. The fraction of sp³-hybridized carbons (Fsp3) is 0.474. The maximum atomic E-state index is 12.5. The lowest BCUT2D eigenvalue weighted by Crippen LogP contribution is -2.51. The normalized spacial score (nSPS) is 13.6. The van der Waals surface area contributed by atoms with Crippen molar-refractivity contribution in [2.24, 2.45) is 5.92 Å². The predicted molar refractivity (Wildman–Crippen MR) is 98.3 cm³/mol. The van der Waals surface area contributed by atoms with Gasteiger partial charge in [-0.05, 0) is 31.0 Å². The lowest BCUT2D eigenvalue weighted by molar-refractivity contribution is -0.142. The molecule has 0 aliphatic rings. The van der Waals surface area contributed by atoms with Gasteiger partial charge in [0.15, 0.2) is 0 Å². The summed E-state index contributed by atoms with van der Waals surface area (Å²) in [5, 5.41) is 7.16. The third-order valence-electron chi connectivity index (χ3n) is 4.24. The molecule has 0 aliphatic heterocycles. The van der Waals surface area contributed by atoms with Crippen LogP contribution in [0.4, 0.5) is 0 Å². The molecule has 2 rings (SSSR count). The fourth-order valence-electron chi connectivity index (χ4n) is 2.99. The van der Waals surface area contributed by atoms with Gasteiger partial charge in [-0.2, -0.15) is 0 Å². The molecule has 0 fully saturated rings. The second-order valence-electron chi connectivity index (χ2n) is 6.58. The number of carbonyl (C=O) groups excluding carboxylic acids is 2. The number of aromatic amines is 1. The summed E-state index contributed by atoms with van der Waals surface area (Å²) >= 11 is 0. The molecule has 136 valence electrons. The van der Waals surface area contributed by atoms with Crippen molar-refractivity contribution in [3.8, 4) is 0 Å². The number of para-hydroxylation sites is 1. The van der Waals surface area contributed by atoms with Gasteiger partial charge in [-0.25, -0.2) is 0 Å². The van der Waals surface area contributed by atoms with Crippen LogP contribution in [0.5, 0.6) is 0 Å². The number of esters is 1. The van der Waals surface area contributed by atoms with Crippen LogP contribution in [0.1, 0.15) is 26.3 Å². The average Bonchev–Trinajstić information content (AvgIpc) is 2.96. The summed E-state index contributed by atoms with van der Waals surface area (Å²) in [6.45, 7) is 5.49. The number of hydrogen-bond donors (Lipinski definition) is 3. The molecule has 0 saturated carbocycles. The summed E-state index contributed by atoms with van der Waals surface area (Å²) in [6, 6.07) is 7.42. The van der Waals surface area contributed by atoms with Crippen molar-refractivity contribution in [1.82, 2.24) is 15.6 Å². The number of likely N-dealkylation sites (N-methyl/N-ethyl adjacent to an activating group) is 1. The largest absolute Gasteiger partial charge is 0.464 e. The second-order valence-corrected chi connectivity index (χ2v) is 6.58. The zero-order chi connectivity index (χ0) is 18.4. The Balaban J connectivity index is 2.15. The minimum Gasteiger partial charge on any atom is -0.464 e. The fourth-order valence-corrected chi connectivity index (χ4v) is 2.99. The average molecular weight is 345 g/mol. The van der Waals surface area contributed by atoms with Gasteiger partial charge in [-0.3, -0.25) is 9.59 Å². The van der Waals surface area contributed by atoms with Crippen molar-refractivity contribution in [1.29, 1.82) is 0 Å². The molecule has 2 aromatic rings. The number of hydrogen-bond acceptors (Lipinski definition) is 4. The van der Waals surface area contributed by atoms with Crippen LogP contribution in [0.3, 0.4) is 0 Å². The van der Waals surface area contributed by atoms with E-state index in [4.69, 9.17) is 4.74 Å². The monoisotopic (exact) mass is 345 g/mol. The Morgan fingerprint density at radius 2 is 1.96 bits per heavy atom. The van der Waals surface area contributed by atoms with Gasteiger partial charge in [0.05, 0.1) is 12.1 Å². The number of nitrogens with one attached hydrogen (secondary N) is 3. The topological polar surface area (TPSA) is 83.2 Å². The molecule has 6 nitrogen and oxygen atoms in total. The molecule has 0 aliphatic carbocycles. The molecule has 0 bridgehead atoms. The number of aromatic nitrogens is 1. The van der Waals surface area contributed by atoms with Gasteiger partial charge in [-0.1, -0.05) is 32.0 Å². The van der Waals surface area contributed by atoms with E-state index in [2.05, 4.69) is 15.6 Å². The Bertz CT molecular complexity index is 724. The Kier molecular flexibility index (Phi) is 6.58. The lowest BCUT2D eigenvalue weighted by Gasteiger charge is -2.24. The van der Waals surface area contributed by atoms with Crippen LogP contribution in [-0.4, -0.2) is 42.6 Å². The number of benzene rings is 1. The van der Waals surface area contributed by atoms with Gasteiger partial charge < -0.3 is 20.4 Å². The molecular formula is C19H27N3O3. The van der Waals surface area contributed by atoms with Crippen molar-refractivity contribution in [2.75, 3.05) is 13.7 Å². The third kappa shape index (κ3) is 5.06. The minimum absolute atomic E-state index is 0.0884. The second kappa shape index (κ2) is 8.67. The zero-order valence-corrected chi connectivity index (χ0v) is 15.3. The summed E-state index contributed by atoms with van der Waals surface area (Å²) in [4.78, 5) is 27.0. The van der Waals surface area contributed by atoms with Crippen molar-refractivity contribution < 1.29 is 14.3 Å². The standard InChI is InChI=1S/C19H27N3O3/c1-12(2)18(20-4)19(24)22-15(11-25-13(3)23)9-14-10-21-17-8-6-5-7-16(14)17/h5-8,10,12,15,18,20-21H,9,11H2,1-4H3,(H,22,24). The first-order valence-corrected chi connectivity index (χ1v) is 8.58. The SMILES string of the molecule is CNC(C(=O)NC(COC(C)=O)Cc1c[nH]c2ccccc12)C(C)C. The van der Waals surface area contributed by atoms with E-state index in [9.17, 15) is 9.59 Å². The van der Waals surface area contributed by atoms with Crippen LogP contribution in [0.25, 0.3) is 10.9 Å². The maximum absolute atomic E-state index is 12.5. The van der Waals surface area contributed by atoms with Gasteiger partial charge in [0.2, 0.25) is 5.91 Å². The van der Waals surface area contributed by atoms with E-state index in [1.54, 1.807) is 7.05 Å². The van der Waals surface area contributed by atoms with E-state index < -0.39 is 0 Å². The smallest absolute Gasteiger partial charge is 0.302 e. The van der Waals surface area contributed by atoms with Gasteiger partial charge in [0.25, 0.3) is 0 Å². The van der Waals surface area contributed by atoms with Crippen molar-refractivity contribution >= 4 is 22.8 Å². The maximum Gasteiger partial charge on any atom is 0.302 e. The first kappa shape index (κ1) is 19.0. The highest BCUT2D eigenvalue weighted by molar-refractivity contribution is 5.84. The van der Waals surface area contributed by atoms with Crippen LogP contribution in [-0.2, 0) is 20.7 Å². The summed E-state index contributed by atoms with van der Waals surface area (Å²) in [6.07, 6.45) is 2.52. The Hall–Kier alpha value is -2.34. The molecule has 6 heteroatoms. The van der Waals surface area contributed by atoms with Crippen molar-refractivity contribution in [2.45, 2.75) is 39.3 Å². The third-order valence-corrected chi connectivity index (χ3v) is 4.24. The van der Waals surface area contributed by atoms with E-state index in [0.29, 0.717) is 6.42 Å². The highest BCUT2D eigenvalue weighted by atomic mass is 16.5. The minimum atomic E-state index is -0.354. The summed E-state index contributed by atoms with van der Waals surface area (Å²) < 4.78 is 5.16. The molecule has 1 heterocycles. The number of H-pyrrole nitrogens is 1. The van der Waals surface area contributed by atoms with Crippen LogP contribution in [0.2, 0.25) is 0 Å². The van der Waals surface area contributed by atoms with E-state index >= 15 is 0 Å². The first-order valence-electron chi connectivity index (χ1n) is 8.58. The number of fused-ring (bicyclic) bond motifs is 1. The molecule has 1 amide bonds. The highest BCUT2D eigenvalue weighted by Gasteiger charge is 2.24. The zero-order valence-electron chi connectivity index (χ0n) is 15.3. The lowest BCUT2D eigenvalue weighted by atomic mass is 10.0. The molecule has 2 atom stereocenters. The highest BCUT2D eigenvalue weighted by Crippen LogP contribution is 2.19. The van der Waals surface area contributed by atoms with Crippen molar-refractivity contribution in [3.63, 3.8) is 0 Å². The molecule has 0 spiro atoms. The van der Waals surface area contributed by atoms with Gasteiger partial charge in [0.1, 0.15) is 6.61 Å². The van der Waals surface area contributed by atoms with Crippen LogP contribution in [0, 0.1) is 5.92 Å². The Morgan fingerprint density at radius 3 is 2.60 bits per heavy atom. The van der Waals surface area contributed by atoms with Crippen LogP contribution < -0.4 is 10.6 Å². The quantitative estimate of drug-likeness (QED) is 0.639. The summed E-state index contributed by atoms with van der Waals surface area (Å²) in [5.41, 5.74) is 2.13. The van der Waals surface area contributed by atoms with Gasteiger partial charge >= 0.3 is 5.97 Å². The molecule has 0 radical (unpaired) electrons. The number of carbonyl (C=O) groups is 2. The molecular weight excluding hydrogens is 318 g/mol. The predicted octanol–water partition coefficient (Wildman–Crippen LogP) is 2.00. The van der Waals surface area contributed by atoms with E-state index in [1.165, 1.54) is 6.92 Å². The van der Waals surface area contributed by atoms with Crippen molar-refractivity contribution in [3.05, 3.63) is 36.0 Å². The van der Waals surface area contributed by atoms with E-state index in [1.807, 2.05) is 44.3 Å². The molecule has 1 aromatic heterocycles. The first-order chi connectivity index (χ1) is 11.9. The van der Waals surface area contributed by atoms with Gasteiger partial charge in [-0.15, -0.1) is 0 Å². The van der Waals surface area contributed by atoms with E-state index in [-0.39, 0.29) is 36.5 Å². The summed E-state index contributed by atoms with van der Waals surface area (Å²) in [7, 11) is 1.77. The molecule has 0 saturated heterocycles. The molecule has 2 unspecified atom stereocenters. The molecule has 3 N–H and O–H groups in total. The van der Waals surface area contributed by atoms with Crippen LogP contribution >= 0.6 is 0 Å². The van der Waals surface area contributed by atoms with Gasteiger partial charge in [0, 0.05) is 24.0 Å². The van der Waals surface area contributed by atoms with Crippen LogP contribution in [0.15, 0.2) is 30.5 Å². The summed E-state index contributed by atoms with van der Waals surface area (Å²) in [5.74, 6) is -0.283. The number of rotatable bonds is 8.